The van der Waals surface area contributed by atoms with Crippen LogP contribution in [0.1, 0.15) is 25.4 Å². The summed E-state index contributed by atoms with van der Waals surface area (Å²) in [6, 6.07) is 0. The molecule has 0 atom stereocenters. The summed E-state index contributed by atoms with van der Waals surface area (Å²) in [5.41, 5.74) is 0.749. The van der Waals surface area contributed by atoms with Crippen molar-refractivity contribution in [2.75, 3.05) is 0 Å². The molecule has 0 unspecified atom stereocenters. The van der Waals surface area contributed by atoms with Crippen LogP contribution in [0.5, 0.6) is 0 Å². The Kier molecular flexibility index (Phi) is 3.25. The van der Waals surface area contributed by atoms with Crippen molar-refractivity contribution < 1.29 is 0 Å². The van der Waals surface area contributed by atoms with Crippen molar-refractivity contribution >= 4 is 15.9 Å². The Balaban J connectivity index is 3.13. The minimum absolute atomic E-state index is 0.0943. The second-order valence-electron chi connectivity index (χ2n) is 3.51. The highest BCUT2D eigenvalue weighted by Gasteiger charge is 2.08. The number of H-pyrrole nitrogens is 1. The van der Waals surface area contributed by atoms with E-state index in [-0.39, 0.29) is 5.56 Å². The van der Waals surface area contributed by atoms with Gasteiger partial charge < -0.3 is 4.98 Å². The highest BCUT2D eigenvalue weighted by atomic mass is 79.9. The molecule has 72 valence electrons. The van der Waals surface area contributed by atoms with Crippen molar-refractivity contribution in [1.29, 1.82) is 0 Å². The van der Waals surface area contributed by atoms with Crippen LogP contribution in [0.4, 0.5) is 0 Å². The van der Waals surface area contributed by atoms with Crippen LogP contribution in [0.2, 0.25) is 0 Å². The first-order valence-corrected chi connectivity index (χ1v) is 5.05. The van der Waals surface area contributed by atoms with E-state index in [9.17, 15) is 4.79 Å². The molecule has 1 aromatic rings. The van der Waals surface area contributed by atoms with Crippen molar-refractivity contribution in [3.63, 3.8) is 0 Å². The molecule has 0 aliphatic rings. The summed E-state index contributed by atoms with van der Waals surface area (Å²) >= 11 is 3.24. The van der Waals surface area contributed by atoms with Crippen molar-refractivity contribution in [3.05, 3.63) is 26.3 Å². The van der Waals surface area contributed by atoms with Crippen LogP contribution >= 0.6 is 15.9 Å². The summed E-state index contributed by atoms with van der Waals surface area (Å²) in [7, 11) is 0. The zero-order valence-electron chi connectivity index (χ0n) is 8.02. The summed E-state index contributed by atoms with van der Waals surface area (Å²) in [5.74, 6) is 1.17. The molecule has 0 radical (unpaired) electrons. The number of hydrogen-bond donors (Lipinski definition) is 1. The molecule has 0 spiro atoms. The standard InChI is InChI=1S/C9H13BrN2O/c1-5(2)4-7-8(10)9(13)12-6(3)11-7/h5H,4H2,1-3H3,(H,11,12,13). The lowest BCUT2D eigenvalue weighted by Gasteiger charge is -2.06. The molecular formula is C9H13BrN2O. The highest BCUT2D eigenvalue weighted by Crippen LogP contribution is 2.13. The molecular weight excluding hydrogens is 232 g/mol. The van der Waals surface area contributed by atoms with E-state index in [0.29, 0.717) is 16.2 Å². The predicted octanol–water partition coefficient (Wildman–Crippen LogP) is 2.04. The first-order chi connectivity index (χ1) is 6.00. The van der Waals surface area contributed by atoms with Gasteiger partial charge in [-0.3, -0.25) is 4.79 Å². The van der Waals surface area contributed by atoms with Gasteiger partial charge in [-0.15, -0.1) is 0 Å². The number of nitrogens with one attached hydrogen (secondary N) is 1. The smallest absolute Gasteiger partial charge is 0.265 e. The minimum Gasteiger partial charge on any atom is -0.310 e. The first kappa shape index (κ1) is 10.4. The van der Waals surface area contributed by atoms with Crippen LogP contribution in [0, 0.1) is 12.8 Å². The number of halogens is 1. The Morgan fingerprint density at radius 1 is 1.54 bits per heavy atom. The predicted molar refractivity (Wildman–Crippen MR) is 55.8 cm³/mol. The molecule has 13 heavy (non-hydrogen) atoms. The van der Waals surface area contributed by atoms with Crippen molar-refractivity contribution in [2.45, 2.75) is 27.2 Å². The third-order valence-electron chi connectivity index (χ3n) is 1.65. The van der Waals surface area contributed by atoms with Crippen molar-refractivity contribution in [1.82, 2.24) is 9.97 Å². The Labute approximate surface area is 85.7 Å². The van der Waals surface area contributed by atoms with Crippen LogP contribution in [-0.2, 0) is 6.42 Å². The number of aromatic nitrogens is 2. The molecule has 3 nitrogen and oxygen atoms in total. The lowest BCUT2D eigenvalue weighted by molar-refractivity contribution is 0.628. The van der Waals surface area contributed by atoms with Gasteiger partial charge in [-0.25, -0.2) is 4.98 Å². The van der Waals surface area contributed by atoms with Crippen LogP contribution < -0.4 is 5.56 Å². The van der Waals surface area contributed by atoms with E-state index >= 15 is 0 Å². The van der Waals surface area contributed by atoms with E-state index in [1.165, 1.54) is 0 Å². The van der Waals surface area contributed by atoms with Crippen LogP contribution in [0.25, 0.3) is 0 Å². The zero-order valence-corrected chi connectivity index (χ0v) is 9.60. The number of hydrogen-bond acceptors (Lipinski definition) is 2. The quantitative estimate of drug-likeness (QED) is 0.866. The van der Waals surface area contributed by atoms with E-state index in [1.807, 2.05) is 0 Å². The normalized spacial score (nSPS) is 10.8. The molecule has 1 heterocycles. The summed E-state index contributed by atoms with van der Waals surface area (Å²) < 4.78 is 0.562. The van der Waals surface area contributed by atoms with Gasteiger partial charge in [0.2, 0.25) is 0 Å². The molecule has 0 aromatic carbocycles. The third kappa shape index (κ3) is 2.66. The van der Waals surface area contributed by atoms with Crippen LogP contribution in [0.15, 0.2) is 9.27 Å². The first-order valence-electron chi connectivity index (χ1n) is 4.26. The van der Waals surface area contributed by atoms with Crippen molar-refractivity contribution in [3.8, 4) is 0 Å². The number of rotatable bonds is 2. The molecule has 0 fully saturated rings. The molecule has 0 aliphatic heterocycles. The van der Waals surface area contributed by atoms with E-state index in [0.717, 1.165) is 12.1 Å². The Morgan fingerprint density at radius 3 is 2.69 bits per heavy atom. The Morgan fingerprint density at radius 2 is 2.15 bits per heavy atom. The summed E-state index contributed by atoms with van der Waals surface area (Å²) in [6.45, 7) is 5.99. The van der Waals surface area contributed by atoms with E-state index in [4.69, 9.17) is 0 Å². The van der Waals surface area contributed by atoms with Crippen LogP contribution in [0.3, 0.4) is 0 Å². The fourth-order valence-corrected chi connectivity index (χ4v) is 1.50. The lowest BCUT2D eigenvalue weighted by atomic mass is 10.1. The van der Waals surface area contributed by atoms with Gasteiger partial charge in [-0.05, 0) is 35.2 Å². The molecule has 0 saturated heterocycles. The maximum absolute atomic E-state index is 11.3. The largest absolute Gasteiger partial charge is 0.310 e. The molecule has 0 amide bonds. The minimum atomic E-state index is -0.0943. The molecule has 0 bridgehead atoms. The van der Waals surface area contributed by atoms with Gasteiger partial charge in [0.25, 0.3) is 5.56 Å². The second kappa shape index (κ2) is 4.05. The van der Waals surface area contributed by atoms with Gasteiger partial charge in [0, 0.05) is 0 Å². The second-order valence-corrected chi connectivity index (χ2v) is 4.30. The van der Waals surface area contributed by atoms with Gasteiger partial charge in [0.05, 0.1) is 5.69 Å². The van der Waals surface area contributed by atoms with E-state index < -0.39 is 0 Å². The zero-order chi connectivity index (χ0) is 10.0. The maximum Gasteiger partial charge on any atom is 0.265 e. The highest BCUT2D eigenvalue weighted by molar-refractivity contribution is 9.10. The molecule has 1 aromatic heterocycles. The third-order valence-corrected chi connectivity index (χ3v) is 2.47. The maximum atomic E-state index is 11.3. The fourth-order valence-electron chi connectivity index (χ4n) is 1.15. The summed E-state index contributed by atoms with van der Waals surface area (Å²) in [5, 5.41) is 0. The van der Waals surface area contributed by atoms with Gasteiger partial charge in [-0.2, -0.15) is 0 Å². The number of nitrogens with zero attached hydrogens (tertiary/aromatic N) is 1. The molecule has 0 aliphatic carbocycles. The topological polar surface area (TPSA) is 45.8 Å². The summed E-state index contributed by atoms with van der Waals surface area (Å²) in [4.78, 5) is 18.2. The average molecular weight is 245 g/mol. The molecule has 4 heteroatoms. The van der Waals surface area contributed by atoms with E-state index in [2.05, 4.69) is 39.7 Å². The fraction of sp³-hybridized carbons (Fsp3) is 0.556. The molecule has 0 saturated carbocycles. The average Bonchev–Trinajstić information content (AvgIpc) is 1.98. The molecule has 1 N–H and O–H groups in total. The van der Waals surface area contributed by atoms with Crippen LogP contribution in [-0.4, -0.2) is 9.97 Å². The lowest BCUT2D eigenvalue weighted by Crippen LogP contribution is -2.14. The SMILES string of the molecule is Cc1nc(CC(C)C)c(Br)c(=O)[nH]1. The molecule has 1 rings (SSSR count). The van der Waals surface area contributed by atoms with Gasteiger partial charge >= 0.3 is 0 Å². The van der Waals surface area contributed by atoms with Gasteiger partial charge in [-0.1, -0.05) is 13.8 Å². The van der Waals surface area contributed by atoms with Crippen molar-refractivity contribution in [2.24, 2.45) is 5.92 Å². The van der Waals surface area contributed by atoms with E-state index in [1.54, 1.807) is 6.92 Å². The number of aryl methyl sites for hydroxylation is 1. The monoisotopic (exact) mass is 244 g/mol. The Hall–Kier alpha value is -0.640. The summed E-state index contributed by atoms with van der Waals surface area (Å²) in [6.07, 6.45) is 0.825. The Bertz CT molecular complexity index is 357. The van der Waals surface area contributed by atoms with Gasteiger partial charge in [0.15, 0.2) is 0 Å². The van der Waals surface area contributed by atoms with Gasteiger partial charge in [0.1, 0.15) is 10.3 Å². The number of aromatic amines is 1.